The summed E-state index contributed by atoms with van der Waals surface area (Å²) < 4.78 is 101. The molecule has 0 radical (unpaired) electrons. The Balaban J connectivity index is 1.06. The van der Waals surface area contributed by atoms with Gasteiger partial charge in [0, 0.05) is 92.6 Å². The molecular weight excluding hydrogens is 1380 g/mol. The van der Waals surface area contributed by atoms with Crippen molar-refractivity contribution >= 4 is 58.7 Å². The molecule has 6 heterocycles. The SMILES string of the molecule is COP(=O)(O)OC[C@@H]1C[C@@H](OP(=O)(O)CC[C@@H]2C[C@@H](OP(=O)(O)OC[C@@H]3C[C@@H](O)CN3C(=O)CCCCO[C@@H]3OC(CO)[C@H](O)C(O)[C@@H]3NC(C)=O)CN2C(=O)CCCCO[C@@H]2OC(CO)[C@H](O)[C@H](O)C2NC(C)=O)CN1C(=O)CCCCO[C@@H]1OC(CO)[C@H](O)[C@H](O)C1NC(C)=O. The fraction of sp³-hybridized carbons (Fsp3) is 0.893. The third kappa shape index (κ3) is 24.6. The number of carbonyl (C=O) groups is 6. The molecule has 6 fully saturated rings. The lowest BCUT2D eigenvalue weighted by Gasteiger charge is -2.42. The highest BCUT2D eigenvalue weighted by Gasteiger charge is 2.50. The highest BCUT2D eigenvalue weighted by Crippen LogP contribution is 2.50. The van der Waals surface area contributed by atoms with Crippen LogP contribution in [0, 0.1) is 0 Å². The molecular formula is C56H99N6O33P3. The summed E-state index contributed by atoms with van der Waals surface area (Å²) in [5.41, 5.74) is 0. The van der Waals surface area contributed by atoms with Crippen LogP contribution in [0.15, 0.2) is 0 Å². The molecule has 16 N–H and O–H groups in total. The maximum Gasteiger partial charge on any atom is 0.472 e. The topological polar surface area (TPSA) is 564 Å². The molecule has 0 aromatic heterocycles. The lowest BCUT2D eigenvalue weighted by atomic mass is 9.97. The highest BCUT2D eigenvalue weighted by atomic mass is 31.2. The van der Waals surface area contributed by atoms with Crippen molar-refractivity contribution in [1.29, 1.82) is 0 Å². The van der Waals surface area contributed by atoms with Crippen molar-refractivity contribution in [2.24, 2.45) is 0 Å². The molecule has 6 aliphatic rings. The van der Waals surface area contributed by atoms with Gasteiger partial charge in [0.2, 0.25) is 35.4 Å². The molecule has 98 heavy (non-hydrogen) atoms. The van der Waals surface area contributed by atoms with Gasteiger partial charge in [0.05, 0.1) is 69.6 Å². The Kier molecular flexibility index (Phi) is 33.1. The van der Waals surface area contributed by atoms with E-state index < -0.39 is 226 Å². The number of carbonyl (C=O) groups excluding carboxylic acids is 6. The van der Waals surface area contributed by atoms with E-state index in [1.165, 1.54) is 35.5 Å². The summed E-state index contributed by atoms with van der Waals surface area (Å²) in [6, 6.07) is -6.47. The van der Waals surface area contributed by atoms with Crippen LogP contribution in [-0.2, 0) is 93.5 Å². The minimum Gasteiger partial charge on any atom is -0.394 e. The summed E-state index contributed by atoms with van der Waals surface area (Å²) in [7, 11) is -13.4. The van der Waals surface area contributed by atoms with Gasteiger partial charge in [-0.25, -0.2) is 9.13 Å². The number of aliphatic hydroxyl groups is 10. The van der Waals surface area contributed by atoms with E-state index in [-0.39, 0.29) is 123 Å². The Bertz CT molecular complexity index is 2740. The number of rotatable bonds is 38. The van der Waals surface area contributed by atoms with Gasteiger partial charge in [-0.05, 0) is 64.2 Å². The Morgan fingerprint density at radius 1 is 0.469 bits per heavy atom. The second-order valence-electron chi connectivity index (χ2n) is 25.1. The molecule has 0 aliphatic carbocycles. The molecule has 0 spiro atoms. The van der Waals surface area contributed by atoms with Crippen LogP contribution in [0.5, 0.6) is 0 Å². The second-order valence-corrected chi connectivity index (χ2v) is 30.0. The fourth-order valence-corrected chi connectivity index (χ4v) is 15.3. The van der Waals surface area contributed by atoms with Crippen molar-refractivity contribution in [3.63, 3.8) is 0 Å². The average Bonchev–Trinajstić information content (AvgIpc) is 1.16. The van der Waals surface area contributed by atoms with Gasteiger partial charge in [0.25, 0.3) is 0 Å². The molecule has 39 nitrogen and oxygen atoms in total. The third-order valence-corrected chi connectivity index (χ3v) is 20.9. The number of aliphatic hydroxyl groups excluding tert-OH is 10. The fourth-order valence-electron chi connectivity index (χ4n) is 12.5. The zero-order chi connectivity index (χ0) is 72.4. The Hall–Kier alpha value is -3.45. The zero-order valence-corrected chi connectivity index (χ0v) is 57.6. The van der Waals surface area contributed by atoms with Crippen LogP contribution in [0.3, 0.4) is 0 Å². The predicted molar refractivity (Wildman–Crippen MR) is 329 cm³/mol. The number of ether oxygens (including phenoxy) is 6. The van der Waals surface area contributed by atoms with Crippen molar-refractivity contribution < 1.29 is 159 Å². The van der Waals surface area contributed by atoms with E-state index in [0.29, 0.717) is 0 Å². The van der Waals surface area contributed by atoms with Crippen LogP contribution in [0.1, 0.15) is 104 Å². The molecule has 42 heteroatoms. The summed E-state index contributed by atoms with van der Waals surface area (Å²) in [4.78, 5) is 113. The Morgan fingerprint density at radius 2 is 0.816 bits per heavy atom. The normalized spacial score (nSPS) is 34.7. The average molecular weight is 1480 g/mol. The maximum absolute atomic E-state index is 14.1. The predicted octanol–water partition coefficient (Wildman–Crippen LogP) is -5.23. The van der Waals surface area contributed by atoms with Crippen molar-refractivity contribution in [3.05, 3.63) is 0 Å². The van der Waals surface area contributed by atoms with Gasteiger partial charge in [-0.15, -0.1) is 0 Å². The molecule has 0 bridgehead atoms. The summed E-state index contributed by atoms with van der Waals surface area (Å²) in [6.07, 6.45) is -21.0. The first-order chi connectivity index (χ1) is 46.2. The number of phosphoric ester groups is 2. The van der Waals surface area contributed by atoms with E-state index in [0.717, 1.165) is 7.11 Å². The quantitative estimate of drug-likeness (QED) is 0.0203. The zero-order valence-electron chi connectivity index (χ0n) is 55.0. The lowest BCUT2D eigenvalue weighted by Crippen LogP contribution is -2.64. The molecule has 6 amide bonds. The highest BCUT2D eigenvalue weighted by molar-refractivity contribution is 7.52. The molecule has 0 saturated carbocycles. The summed E-state index contributed by atoms with van der Waals surface area (Å²) in [6.45, 7) is -0.701. The van der Waals surface area contributed by atoms with Gasteiger partial charge >= 0.3 is 23.2 Å². The molecule has 9 unspecified atom stereocenters. The number of nitrogens with zero attached hydrogens (tertiary/aromatic N) is 3. The first kappa shape index (κ1) is 83.5. The molecule has 6 aliphatic heterocycles. The van der Waals surface area contributed by atoms with Gasteiger partial charge in [0.15, 0.2) is 18.9 Å². The molecule has 6 saturated heterocycles. The van der Waals surface area contributed by atoms with Crippen molar-refractivity contribution in [3.8, 4) is 0 Å². The summed E-state index contributed by atoms with van der Waals surface area (Å²) in [5, 5.41) is 110. The number of phosphoric acid groups is 2. The molecule has 0 aromatic carbocycles. The number of hydrogen-bond acceptors (Lipinski definition) is 30. The summed E-state index contributed by atoms with van der Waals surface area (Å²) >= 11 is 0. The number of unbranched alkanes of at least 4 members (excludes halogenated alkanes) is 3. The van der Waals surface area contributed by atoms with E-state index in [1.807, 2.05) is 0 Å². The van der Waals surface area contributed by atoms with Crippen LogP contribution >= 0.6 is 23.2 Å². The third-order valence-electron chi connectivity index (χ3n) is 17.5. The van der Waals surface area contributed by atoms with Gasteiger partial charge in [-0.3, -0.25) is 51.4 Å². The second kappa shape index (κ2) is 38.9. The van der Waals surface area contributed by atoms with Crippen LogP contribution in [-0.4, -0.2) is 330 Å². The maximum atomic E-state index is 14.1. The van der Waals surface area contributed by atoms with Crippen LogP contribution in [0.4, 0.5) is 0 Å². The first-order valence-corrected chi connectivity index (χ1v) is 37.3. The largest absolute Gasteiger partial charge is 0.472 e. The molecule has 566 valence electrons. The van der Waals surface area contributed by atoms with Crippen molar-refractivity contribution in [2.45, 2.75) is 233 Å². The van der Waals surface area contributed by atoms with E-state index in [1.54, 1.807) is 0 Å². The van der Waals surface area contributed by atoms with E-state index in [4.69, 9.17) is 46.5 Å². The minimum absolute atomic E-state index is 0.0485. The number of amides is 6. The number of β-amino-alcohol motifs (C(OH)–C–C–N with tert-alkyl or cyclic N) is 1. The smallest absolute Gasteiger partial charge is 0.394 e. The van der Waals surface area contributed by atoms with Crippen molar-refractivity contribution in [2.75, 3.05) is 85.8 Å². The minimum atomic E-state index is -5.07. The van der Waals surface area contributed by atoms with Gasteiger partial charge in [0.1, 0.15) is 73.1 Å². The number of hydrogen-bond donors (Lipinski definition) is 16. The number of nitrogens with one attached hydrogen (secondary N) is 3. The van der Waals surface area contributed by atoms with Crippen molar-refractivity contribution in [1.82, 2.24) is 30.7 Å². The van der Waals surface area contributed by atoms with Gasteiger partial charge in [-0.1, -0.05) is 0 Å². The van der Waals surface area contributed by atoms with Gasteiger partial charge < -0.3 is 129 Å². The molecule has 6 rings (SSSR count). The van der Waals surface area contributed by atoms with Gasteiger partial charge in [-0.2, -0.15) is 0 Å². The monoisotopic (exact) mass is 1480 g/mol. The van der Waals surface area contributed by atoms with E-state index >= 15 is 0 Å². The Labute approximate surface area is 565 Å². The lowest BCUT2D eigenvalue weighted by molar-refractivity contribution is -0.270. The van der Waals surface area contributed by atoms with Crippen LogP contribution in [0.25, 0.3) is 0 Å². The van der Waals surface area contributed by atoms with Crippen LogP contribution < -0.4 is 16.0 Å². The van der Waals surface area contributed by atoms with E-state index in [2.05, 4.69) is 20.5 Å². The number of likely N-dealkylation sites (tertiary alicyclic amines) is 3. The van der Waals surface area contributed by atoms with E-state index in [9.17, 15) is 108 Å². The van der Waals surface area contributed by atoms with Crippen LogP contribution in [0.2, 0.25) is 0 Å². The summed E-state index contributed by atoms with van der Waals surface area (Å²) in [5.74, 6) is -3.22. The molecule has 24 atom stereocenters. The Morgan fingerprint density at radius 3 is 1.19 bits per heavy atom. The molecule has 0 aromatic rings. The first-order valence-electron chi connectivity index (χ1n) is 32.5. The standard InChI is InChI=1S/C56H99N6O33P3/c1-30(66)57-45-51(76)48(73)39(25-63)91-54(45)86-15-8-5-11-42(70)60-22-36(69)19-34(60)28-90-98(83,84)95-38-20-33(61(24-38)43(71)12-6-9-16-87-55-46(58-31(2)67)52(77)49(74)40(26-64)92-55)14-18-96(79,80)94-37-21-35(29-89-97(81,82)85-4)62(23-37)44(72)13-7-10-17-88-56-47(59-32(3)68)53(78)50(75)41(27-65)93-56/h33-41,45-56,63-65,69,73-78H,5-29H2,1-4H3,(H,57,66)(H,58,67)(H,59,68)(H,79,80)(H,81,82)(H,83,84)/t33-,34+,35+,36-,37-,38-,39?,40?,41?,45+,46?,47?,48+,49+,50+,51?,52-,53-,54-,55-,56-/m1/s1.